The fourth-order valence-corrected chi connectivity index (χ4v) is 2.09. The molecule has 1 heterocycles. The Balaban J connectivity index is 2.09. The molecule has 0 atom stereocenters. The van der Waals surface area contributed by atoms with Crippen LogP contribution < -0.4 is 10.6 Å². The molecule has 0 saturated heterocycles. The van der Waals surface area contributed by atoms with E-state index in [0.717, 1.165) is 18.2 Å². The van der Waals surface area contributed by atoms with Gasteiger partial charge in [-0.1, -0.05) is 41.7 Å². The number of benzene rings is 1. The van der Waals surface area contributed by atoms with Gasteiger partial charge in [0.25, 0.3) is 0 Å². The number of nitrogens with two attached hydrogens (primary N) is 1. The number of hydrogen-bond donors (Lipinski definition) is 1. The normalized spacial score (nSPS) is 10.3. The molecule has 4 nitrogen and oxygen atoms in total. The quantitative estimate of drug-likeness (QED) is 0.852. The minimum atomic E-state index is 0.617. The lowest BCUT2D eigenvalue weighted by Gasteiger charge is -2.20. The molecule has 0 aliphatic rings. The van der Waals surface area contributed by atoms with Crippen LogP contribution in [0.2, 0.25) is 0 Å². The first-order valence-corrected chi connectivity index (χ1v) is 6.03. The highest BCUT2D eigenvalue weighted by atomic mass is 32.1. The summed E-state index contributed by atoms with van der Waals surface area (Å²) >= 11 is 1.54. The fraction of sp³-hybridized carbons (Fsp3) is 0.273. The standard InChI is InChI=1S/C11H14N4S/c12-6-7-15(11-14-13-9-16-11)8-10-4-2-1-3-5-10/h1-5,9H,6-8,12H2. The molecule has 84 valence electrons. The van der Waals surface area contributed by atoms with Gasteiger partial charge in [-0.05, 0) is 5.56 Å². The van der Waals surface area contributed by atoms with E-state index >= 15 is 0 Å². The van der Waals surface area contributed by atoms with E-state index in [1.54, 1.807) is 5.51 Å². The van der Waals surface area contributed by atoms with Gasteiger partial charge in [-0.2, -0.15) is 0 Å². The van der Waals surface area contributed by atoms with Gasteiger partial charge in [0, 0.05) is 19.6 Å². The van der Waals surface area contributed by atoms with Gasteiger partial charge in [0.1, 0.15) is 5.51 Å². The van der Waals surface area contributed by atoms with Gasteiger partial charge in [0.05, 0.1) is 0 Å². The summed E-state index contributed by atoms with van der Waals surface area (Å²) in [6.45, 7) is 2.24. The number of rotatable bonds is 5. The average Bonchev–Trinajstić information content (AvgIpc) is 2.83. The predicted octanol–water partition coefficient (Wildman–Crippen LogP) is 1.50. The maximum absolute atomic E-state index is 5.60. The Bertz CT molecular complexity index is 401. The lowest BCUT2D eigenvalue weighted by Crippen LogP contribution is -2.28. The van der Waals surface area contributed by atoms with Crippen molar-refractivity contribution in [2.24, 2.45) is 5.73 Å². The Morgan fingerprint density at radius 3 is 2.69 bits per heavy atom. The lowest BCUT2D eigenvalue weighted by atomic mass is 10.2. The van der Waals surface area contributed by atoms with Gasteiger partial charge in [-0.25, -0.2) is 0 Å². The van der Waals surface area contributed by atoms with Crippen LogP contribution in [-0.4, -0.2) is 23.3 Å². The summed E-state index contributed by atoms with van der Waals surface area (Å²) in [7, 11) is 0. The molecule has 0 aliphatic heterocycles. The van der Waals surface area contributed by atoms with Crippen molar-refractivity contribution in [1.29, 1.82) is 0 Å². The van der Waals surface area contributed by atoms with E-state index < -0.39 is 0 Å². The molecule has 5 heteroatoms. The molecule has 1 aromatic heterocycles. The zero-order chi connectivity index (χ0) is 11.2. The minimum Gasteiger partial charge on any atom is -0.341 e. The predicted molar refractivity (Wildman–Crippen MR) is 66.5 cm³/mol. The molecule has 16 heavy (non-hydrogen) atoms. The Morgan fingerprint density at radius 2 is 2.06 bits per heavy atom. The van der Waals surface area contributed by atoms with Crippen LogP contribution in [0.3, 0.4) is 0 Å². The summed E-state index contributed by atoms with van der Waals surface area (Å²) in [5, 5.41) is 8.85. The van der Waals surface area contributed by atoms with E-state index in [-0.39, 0.29) is 0 Å². The molecule has 1 aromatic carbocycles. The van der Waals surface area contributed by atoms with Crippen LogP contribution in [0, 0.1) is 0 Å². The second kappa shape index (κ2) is 5.58. The highest BCUT2D eigenvalue weighted by Gasteiger charge is 2.09. The maximum atomic E-state index is 5.60. The van der Waals surface area contributed by atoms with Crippen molar-refractivity contribution in [3.05, 3.63) is 41.4 Å². The fourth-order valence-electron chi connectivity index (χ4n) is 1.51. The van der Waals surface area contributed by atoms with E-state index in [1.807, 2.05) is 18.2 Å². The molecule has 0 unspecified atom stereocenters. The van der Waals surface area contributed by atoms with Crippen LogP contribution in [0.15, 0.2) is 35.8 Å². The van der Waals surface area contributed by atoms with Crippen LogP contribution in [0.5, 0.6) is 0 Å². The van der Waals surface area contributed by atoms with E-state index in [4.69, 9.17) is 5.73 Å². The summed E-state index contributed by atoms with van der Waals surface area (Å²) in [5.41, 5.74) is 8.60. The Kier molecular flexibility index (Phi) is 3.85. The molecule has 2 aromatic rings. The summed E-state index contributed by atoms with van der Waals surface area (Å²) < 4.78 is 0. The Hall–Kier alpha value is -1.46. The lowest BCUT2D eigenvalue weighted by molar-refractivity contribution is 0.778. The average molecular weight is 234 g/mol. The molecule has 2 rings (SSSR count). The number of aromatic nitrogens is 2. The topological polar surface area (TPSA) is 55.0 Å². The van der Waals surface area contributed by atoms with Crippen molar-refractivity contribution in [2.45, 2.75) is 6.54 Å². The van der Waals surface area contributed by atoms with Gasteiger partial charge >= 0.3 is 0 Å². The van der Waals surface area contributed by atoms with Gasteiger partial charge < -0.3 is 10.6 Å². The van der Waals surface area contributed by atoms with Crippen molar-refractivity contribution in [3.8, 4) is 0 Å². The number of anilines is 1. The van der Waals surface area contributed by atoms with Crippen molar-refractivity contribution in [2.75, 3.05) is 18.0 Å². The molecule has 0 amide bonds. The molecule has 0 aliphatic carbocycles. The third-order valence-electron chi connectivity index (χ3n) is 2.23. The second-order valence-electron chi connectivity index (χ2n) is 3.42. The highest BCUT2D eigenvalue weighted by Crippen LogP contribution is 2.17. The van der Waals surface area contributed by atoms with Gasteiger partial charge in [-0.15, -0.1) is 10.2 Å². The van der Waals surface area contributed by atoms with Crippen molar-refractivity contribution in [1.82, 2.24) is 10.2 Å². The van der Waals surface area contributed by atoms with Crippen molar-refractivity contribution < 1.29 is 0 Å². The van der Waals surface area contributed by atoms with Crippen molar-refractivity contribution in [3.63, 3.8) is 0 Å². The zero-order valence-electron chi connectivity index (χ0n) is 8.91. The molecule has 2 N–H and O–H groups in total. The van der Waals surface area contributed by atoms with Gasteiger partial charge in [0.15, 0.2) is 0 Å². The van der Waals surface area contributed by atoms with E-state index in [9.17, 15) is 0 Å². The molecule has 0 spiro atoms. The van der Waals surface area contributed by atoms with Crippen LogP contribution in [-0.2, 0) is 6.54 Å². The summed E-state index contributed by atoms with van der Waals surface area (Å²) in [6, 6.07) is 10.3. The smallest absolute Gasteiger partial charge is 0.208 e. The zero-order valence-corrected chi connectivity index (χ0v) is 9.73. The van der Waals surface area contributed by atoms with Crippen LogP contribution >= 0.6 is 11.3 Å². The number of nitrogens with zero attached hydrogens (tertiary/aromatic N) is 3. The highest BCUT2D eigenvalue weighted by molar-refractivity contribution is 7.13. The first-order chi connectivity index (χ1) is 7.90. The Labute approximate surface area is 98.7 Å². The first kappa shape index (κ1) is 11.0. The molecule has 0 radical (unpaired) electrons. The molecular formula is C11H14N4S. The second-order valence-corrected chi connectivity index (χ2v) is 4.23. The van der Waals surface area contributed by atoms with Crippen LogP contribution in [0.4, 0.5) is 5.13 Å². The van der Waals surface area contributed by atoms with E-state index in [2.05, 4.69) is 27.2 Å². The van der Waals surface area contributed by atoms with E-state index in [0.29, 0.717) is 6.54 Å². The number of hydrogen-bond acceptors (Lipinski definition) is 5. The largest absolute Gasteiger partial charge is 0.341 e. The third-order valence-corrected chi connectivity index (χ3v) is 2.98. The molecular weight excluding hydrogens is 220 g/mol. The van der Waals surface area contributed by atoms with Crippen LogP contribution in [0.1, 0.15) is 5.56 Å². The van der Waals surface area contributed by atoms with Crippen molar-refractivity contribution >= 4 is 16.5 Å². The molecule has 0 fully saturated rings. The van der Waals surface area contributed by atoms with Crippen LogP contribution in [0.25, 0.3) is 0 Å². The Morgan fingerprint density at radius 1 is 1.25 bits per heavy atom. The summed E-state index contributed by atoms with van der Waals surface area (Å²) in [5.74, 6) is 0. The SMILES string of the molecule is NCCN(Cc1ccccc1)c1nncs1. The van der Waals surface area contributed by atoms with Gasteiger partial charge in [0.2, 0.25) is 5.13 Å². The molecule has 0 saturated carbocycles. The summed E-state index contributed by atoms with van der Waals surface area (Å²) in [4.78, 5) is 2.15. The minimum absolute atomic E-state index is 0.617. The monoisotopic (exact) mass is 234 g/mol. The van der Waals surface area contributed by atoms with Gasteiger partial charge in [-0.3, -0.25) is 0 Å². The third kappa shape index (κ3) is 2.77. The maximum Gasteiger partial charge on any atom is 0.208 e. The summed E-state index contributed by atoms with van der Waals surface area (Å²) in [6.07, 6.45) is 0. The van der Waals surface area contributed by atoms with E-state index in [1.165, 1.54) is 16.9 Å². The first-order valence-electron chi connectivity index (χ1n) is 5.15. The molecule has 0 bridgehead atoms.